The van der Waals surface area contributed by atoms with Crippen molar-refractivity contribution in [1.29, 1.82) is 0 Å². The van der Waals surface area contributed by atoms with Gasteiger partial charge in [-0.3, -0.25) is 0 Å². The summed E-state index contributed by atoms with van der Waals surface area (Å²) in [4.78, 5) is 4.38. The molecule has 0 spiro atoms. The number of ether oxygens (including phenoxy) is 1. The van der Waals surface area contributed by atoms with E-state index in [9.17, 15) is 0 Å². The third kappa shape index (κ3) is 1.86. The first-order chi connectivity index (χ1) is 8.78. The van der Waals surface area contributed by atoms with Crippen LogP contribution in [0.25, 0.3) is 0 Å². The maximum absolute atomic E-state index is 5.30. The zero-order valence-corrected chi connectivity index (χ0v) is 10.4. The first-order valence-corrected chi connectivity index (χ1v) is 5.98. The highest BCUT2D eigenvalue weighted by molar-refractivity contribution is 5.56. The van der Waals surface area contributed by atoms with Crippen molar-refractivity contribution in [2.45, 2.75) is 25.5 Å². The fraction of sp³-hybridized carbons (Fsp3) is 0.385. The summed E-state index contributed by atoms with van der Waals surface area (Å²) in [5, 5.41) is 7.33. The standard InChI is InChI=1S/C13H15N3O2/c1-8(17-2)12-15-13(18-16-12)11-7-9-5-3-4-6-10(9)14-11/h3-6,8,11,14H,7H2,1-2H3/t8?,11-/m0/s1. The van der Waals surface area contributed by atoms with Gasteiger partial charge < -0.3 is 14.6 Å². The van der Waals surface area contributed by atoms with E-state index < -0.39 is 0 Å². The van der Waals surface area contributed by atoms with E-state index in [0.717, 1.165) is 12.1 Å². The van der Waals surface area contributed by atoms with Crippen LogP contribution in [-0.4, -0.2) is 17.3 Å². The molecular formula is C13H15N3O2. The highest BCUT2D eigenvalue weighted by Crippen LogP contribution is 2.33. The van der Waals surface area contributed by atoms with Crippen molar-refractivity contribution in [2.24, 2.45) is 0 Å². The Morgan fingerprint density at radius 2 is 2.28 bits per heavy atom. The number of methoxy groups -OCH3 is 1. The van der Waals surface area contributed by atoms with Gasteiger partial charge in [-0.05, 0) is 18.6 Å². The molecule has 1 N–H and O–H groups in total. The van der Waals surface area contributed by atoms with E-state index in [4.69, 9.17) is 9.26 Å². The number of nitrogens with one attached hydrogen (secondary N) is 1. The largest absolute Gasteiger partial charge is 0.374 e. The predicted molar refractivity (Wildman–Crippen MR) is 66.2 cm³/mol. The highest BCUT2D eigenvalue weighted by atomic mass is 16.5. The van der Waals surface area contributed by atoms with E-state index in [2.05, 4.69) is 27.6 Å². The Balaban J connectivity index is 1.80. The average molecular weight is 245 g/mol. The zero-order valence-electron chi connectivity index (χ0n) is 10.4. The monoisotopic (exact) mass is 245 g/mol. The van der Waals surface area contributed by atoms with E-state index in [-0.39, 0.29) is 12.1 Å². The van der Waals surface area contributed by atoms with E-state index in [1.807, 2.05) is 19.1 Å². The van der Waals surface area contributed by atoms with Crippen molar-refractivity contribution in [3.05, 3.63) is 41.5 Å². The Labute approximate surface area is 105 Å². The Bertz CT molecular complexity index is 528. The van der Waals surface area contributed by atoms with Gasteiger partial charge in [0.1, 0.15) is 12.1 Å². The van der Waals surface area contributed by atoms with Crippen LogP contribution in [0.5, 0.6) is 0 Å². The van der Waals surface area contributed by atoms with Gasteiger partial charge in [0.05, 0.1) is 0 Å². The maximum Gasteiger partial charge on any atom is 0.249 e. The quantitative estimate of drug-likeness (QED) is 0.900. The average Bonchev–Trinajstić information content (AvgIpc) is 3.03. The lowest BCUT2D eigenvalue weighted by molar-refractivity contribution is 0.109. The molecule has 1 aliphatic rings. The highest BCUT2D eigenvalue weighted by Gasteiger charge is 2.27. The molecule has 5 heteroatoms. The van der Waals surface area contributed by atoms with Crippen LogP contribution in [0.2, 0.25) is 0 Å². The molecule has 2 heterocycles. The Kier molecular flexibility index (Phi) is 2.76. The van der Waals surface area contributed by atoms with E-state index in [1.165, 1.54) is 5.56 Å². The first-order valence-electron chi connectivity index (χ1n) is 5.98. The third-order valence-corrected chi connectivity index (χ3v) is 3.24. The second-order valence-electron chi connectivity index (χ2n) is 4.43. The fourth-order valence-electron chi connectivity index (χ4n) is 2.11. The molecule has 2 atom stereocenters. The van der Waals surface area contributed by atoms with Crippen molar-refractivity contribution in [2.75, 3.05) is 12.4 Å². The normalized spacial score (nSPS) is 19.3. The number of fused-ring (bicyclic) bond motifs is 1. The number of hydrogen-bond acceptors (Lipinski definition) is 5. The summed E-state index contributed by atoms with van der Waals surface area (Å²) in [6.07, 6.45) is 0.727. The van der Waals surface area contributed by atoms with Crippen molar-refractivity contribution in [1.82, 2.24) is 10.1 Å². The Morgan fingerprint density at radius 1 is 1.44 bits per heavy atom. The molecule has 0 radical (unpaired) electrons. The van der Waals surface area contributed by atoms with Crippen LogP contribution in [0.3, 0.4) is 0 Å². The summed E-state index contributed by atoms with van der Waals surface area (Å²) in [6, 6.07) is 8.28. The van der Waals surface area contributed by atoms with Gasteiger partial charge in [0, 0.05) is 19.2 Å². The van der Waals surface area contributed by atoms with Gasteiger partial charge in [-0.15, -0.1) is 0 Å². The minimum absolute atomic E-state index is 0.0627. The molecular weight excluding hydrogens is 230 g/mol. The SMILES string of the molecule is COC(C)c1noc([C@@H]2Cc3ccccc3N2)n1. The molecule has 0 aliphatic carbocycles. The van der Waals surface area contributed by atoms with Crippen LogP contribution in [0.4, 0.5) is 5.69 Å². The molecule has 1 aromatic carbocycles. The first kappa shape index (κ1) is 11.2. The van der Waals surface area contributed by atoms with Crippen LogP contribution in [0, 0.1) is 0 Å². The lowest BCUT2D eigenvalue weighted by Crippen LogP contribution is -2.06. The predicted octanol–water partition coefficient (Wildman–Crippen LogP) is 2.49. The molecule has 3 rings (SSSR count). The number of nitrogens with zero attached hydrogens (tertiary/aromatic N) is 2. The van der Waals surface area contributed by atoms with Gasteiger partial charge in [0.25, 0.3) is 0 Å². The summed E-state index contributed by atoms with van der Waals surface area (Å²) >= 11 is 0. The molecule has 1 aromatic heterocycles. The molecule has 0 saturated heterocycles. The van der Waals surface area contributed by atoms with Crippen molar-refractivity contribution in [3.63, 3.8) is 0 Å². The number of rotatable bonds is 3. The van der Waals surface area contributed by atoms with Gasteiger partial charge in [-0.2, -0.15) is 4.98 Å². The molecule has 5 nitrogen and oxygen atoms in total. The summed E-state index contributed by atoms with van der Waals surface area (Å²) in [6.45, 7) is 1.89. The van der Waals surface area contributed by atoms with Gasteiger partial charge >= 0.3 is 0 Å². The minimum Gasteiger partial charge on any atom is -0.374 e. The van der Waals surface area contributed by atoms with E-state index in [0.29, 0.717) is 11.7 Å². The number of hydrogen-bond donors (Lipinski definition) is 1. The smallest absolute Gasteiger partial charge is 0.249 e. The zero-order chi connectivity index (χ0) is 12.5. The van der Waals surface area contributed by atoms with Gasteiger partial charge in [0.15, 0.2) is 5.82 Å². The number of aromatic nitrogens is 2. The van der Waals surface area contributed by atoms with Gasteiger partial charge in [-0.25, -0.2) is 0 Å². The molecule has 0 saturated carbocycles. The molecule has 0 fully saturated rings. The molecule has 1 aliphatic heterocycles. The number of benzene rings is 1. The number of para-hydroxylation sites is 1. The van der Waals surface area contributed by atoms with Gasteiger partial charge in [-0.1, -0.05) is 23.4 Å². The molecule has 0 bridgehead atoms. The second kappa shape index (κ2) is 4.42. The topological polar surface area (TPSA) is 60.2 Å². The summed E-state index contributed by atoms with van der Waals surface area (Å²) in [5.41, 5.74) is 2.42. The molecule has 1 unspecified atom stereocenters. The lowest BCUT2D eigenvalue weighted by atomic mass is 10.1. The lowest BCUT2D eigenvalue weighted by Gasteiger charge is -2.05. The van der Waals surface area contributed by atoms with E-state index in [1.54, 1.807) is 7.11 Å². The van der Waals surface area contributed by atoms with Crippen LogP contribution in [0.15, 0.2) is 28.8 Å². The molecule has 18 heavy (non-hydrogen) atoms. The van der Waals surface area contributed by atoms with Crippen LogP contribution < -0.4 is 5.32 Å². The Morgan fingerprint density at radius 3 is 3.06 bits per heavy atom. The van der Waals surface area contributed by atoms with E-state index >= 15 is 0 Å². The second-order valence-corrected chi connectivity index (χ2v) is 4.43. The minimum atomic E-state index is -0.147. The number of anilines is 1. The summed E-state index contributed by atoms with van der Waals surface area (Å²) < 4.78 is 10.5. The maximum atomic E-state index is 5.30. The summed E-state index contributed by atoms with van der Waals surface area (Å²) in [7, 11) is 1.63. The van der Waals surface area contributed by atoms with Crippen molar-refractivity contribution in [3.8, 4) is 0 Å². The molecule has 0 amide bonds. The third-order valence-electron chi connectivity index (χ3n) is 3.24. The fourth-order valence-corrected chi connectivity index (χ4v) is 2.11. The van der Waals surface area contributed by atoms with Crippen molar-refractivity contribution >= 4 is 5.69 Å². The van der Waals surface area contributed by atoms with Crippen LogP contribution >= 0.6 is 0 Å². The van der Waals surface area contributed by atoms with Crippen LogP contribution in [-0.2, 0) is 11.2 Å². The molecule has 2 aromatic rings. The molecule has 94 valence electrons. The van der Waals surface area contributed by atoms with Crippen molar-refractivity contribution < 1.29 is 9.26 Å². The van der Waals surface area contributed by atoms with Gasteiger partial charge in [0.2, 0.25) is 5.89 Å². The summed E-state index contributed by atoms with van der Waals surface area (Å²) in [5.74, 6) is 1.20. The van der Waals surface area contributed by atoms with Crippen LogP contribution in [0.1, 0.15) is 36.3 Å². The Hall–Kier alpha value is -1.88.